The molecule has 0 fully saturated rings. The lowest BCUT2D eigenvalue weighted by Gasteiger charge is -2.10. The summed E-state index contributed by atoms with van der Waals surface area (Å²) in [5, 5.41) is 13.2. The van der Waals surface area contributed by atoms with Crippen LogP contribution in [0.5, 0.6) is 5.75 Å². The van der Waals surface area contributed by atoms with Crippen molar-refractivity contribution in [2.45, 2.75) is 13.8 Å². The number of carbonyl (C=O) groups excluding carboxylic acids is 2. The molecule has 0 radical (unpaired) electrons. The fourth-order valence-corrected chi connectivity index (χ4v) is 3.36. The highest BCUT2D eigenvalue weighted by Gasteiger charge is 2.15. The number of aryl methyl sites for hydroxylation is 1. The van der Waals surface area contributed by atoms with Gasteiger partial charge in [-0.1, -0.05) is 18.2 Å². The summed E-state index contributed by atoms with van der Waals surface area (Å²) in [5.74, 6) is 0.537. The molecule has 0 saturated carbocycles. The Morgan fingerprint density at radius 3 is 1.91 bits per heavy atom. The lowest BCUT2D eigenvalue weighted by atomic mass is 10.1. The molecular weight excluding hydrogens is 432 g/mol. The number of hydrogen-bond donors (Lipinski definition) is 2. The van der Waals surface area contributed by atoms with Gasteiger partial charge in [-0.05, 0) is 61.0 Å². The molecule has 8 heteroatoms. The van der Waals surface area contributed by atoms with Gasteiger partial charge in [-0.25, -0.2) is 19.7 Å². The molecule has 34 heavy (non-hydrogen) atoms. The number of methoxy groups -OCH3 is 1. The van der Waals surface area contributed by atoms with E-state index >= 15 is 0 Å². The number of aromatic nitrogens is 3. The first-order valence-electron chi connectivity index (χ1n) is 10.5. The summed E-state index contributed by atoms with van der Waals surface area (Å²) < 4.78 is 4.76. The van der Waals surface area contributed by atoms with E-state index in [9.17, 15) is 14.7 Å². The Morgan fingerprint density at radius 2 is 1.38 bits per heavy atom. The van der Waals surface area contributed by atoms with Gasteiger partial charge >= 0.3 is 5.97 Å². The third-order valence-electron chi connectivity index (χ3n) is 5.06. The number of nitrogens with zero attached hydrogens (tertiary/aromatic N) is 3. The first-order valence-corrected chi connectivity index (χ1v) is 10.5. The molecule has 0 aliphatic heterocycles. The molecule has 1 aromatic heterocycles. The molecule has 1 heterocycles. The normalized spacial score (nSPS) is 10.6. The maximum atomic E-state index is 11.8. The molecule has 1 amide bonds. The molecule has 0 aliphatic carbocycles. The van der Waals surface area contributed by atoms with Gasteiger partial charge in [-0.15, -0.1) is 0 Å². The second-order valence-electron chi connectivity index (χ2n) is 7.65. The topological polar surface area (TPSA) is 114 Å². The molecule has 0 atom stereocenters. The van der Waals surface area contributed by atoms with Gasteiger partial charge < -0.3 is 15.2 Å². The maximum Gasteiger partial charge on any atom is 0.337 e. The third-order valence-corrected chi connectivity index (χ3v) is 5.06. The van der Waals surface area contributed by atoms with E-state index in [0.717, 1.165) is 5.56 Å². The first-order chi connectivity index (χ1) is 16.3. The summed E-state index contributed by atoms with van der Waals surface area (Å²) in [4.78, 5) is 36.9. The highest BCUT2D eigenvalue weighted by atomic mass is 16.5. The van der Waals surface area contributed by atoms with Crippen molar-refractivity contribution in [1.82, 2.24) is 15.0 Å². The number of benzene rings is 3. The summed E-state index contributed by atoms with van der Waals surface area (Å²) in [7, 11) is 1.33. The molecule has 4 aromatic rings. The lowest BCUT2D eigenvalue weighted by Crippen LogP contribution is -2.05. The van der Waals surface area contributed by atoms with Crippen LogP contribution in [-0.4, -0.2) is 39.0 Å². The van der Waals surface area contributed by atoms with Gasteiger partial charge in [0.15, 0.2) is 17.5 Å². The van der Waals surface area contributed by atoms with E-state index in [0.29, 0.717) is 45.4 Å². The van der Waals surface area contributed by atoms with Gasteiger partial charge in [0.1, 0.15) is 5.75 Å². The van der Waals surface area contributed by atoms with E-state index in [1.807, 2.05) is 13.0 Å². The van der Waals surface area contributed by atoms with Crippen molar-refractivity contribution in [3.05, 3.63) is 77.9 Å². The van der Waals surface area contributed by atoms with Crippen LogP contribution >= 0.6 is 0 Å². The van der Waals surface area contributed by atoms with Crippen LogP contribution in [0.25, 0.3) is 34.2 Å². The average Bonchev–Trinajstić information content (AvgIpc) is 2.83. The predicted octanol–water partition coefficient (Wildman–Crippen LogP) is 4.63. The minimum absolute atomic E-state index is 0.0603. The van der Waals surface area contributed by atoms with Gasteiger partial charge in [0, 0.05) is 23.7 Å². The predicted molar refractivity (Wildman–Crippen MR) is 128 cm³/mol. The molecule has 0 spiro atoms. The Labute approximate surface area is 196 Å². The van der Waals surface area contributed by atoms with E-state index in [2.05, 4.69) is 20.3 Å². The fraction of sp³-hybridized carbons (Fsp3) is 0.115. The van der Waals surface area contributed by atoms with Crippen LogP contribution in [0, 0.1) is 6.92 Å². The SMILES string of the molecule is COC(=O)c1ccc(-c2nc(-c3ccc(NC(C)=O)cc3)nc(-c3ccc(C)cc3O)n2)cc1. The quantitative estimate of drug-likeness (QED) is 0.423. The average molecular weight is 454 g/mol. The van der Waals surface area contributed by atoms with Gasteiger partial charge in [-0.3, -0.25) is 4.79 Å². The molecule has 8 nitrogen and oxygen atoms in total. The van der Waals surface area contributed by atoms with Crippen molar-refractivity contribution in [2.75, 3.05) is 12.4 Å². The number of rotatable bonds is 5. The Kier molecular flexibility index (Phi) is 6.31. The Morgan fingerprint density at radius 1 is 0.824 bits per heavy atom. The zero-order chi connectivity index (χ0) is 24.2. The number of esters is 1. The molecular formula is C26H22N4O4. The van der Waals surface area contributed by atoms with Crippen LogP contribution in [-0.2, 0) is 9.53 Å². The number of phenolic OH excluding ortho intramolecular Hbond substituents is 1. The minimum Gasteiger partial charge on any atom is -0.507 e. The van der Waals surface area contributed by atoms with Gasteiger partial charge in [0.05, 0.1) is 18.2 Å². The summed E-state index contributed by atoms with van der Waals surface area (Å²) in [6.07, 6.45) is 0. The zero-order valence-electron chi connectivity index (χ0n) is 18.9. The molecule has 4 rings (SSSR count). The van der Waals surface area contributed by atoms with Crippen LogP contribution in [0.15, 0.2) is 66.7 Å². The fourth-order valence-electron chi connectivity index (χ4n) is 3.36. The van der Waals surface area contributed by atoms with Crippen molar-refractivity contribution in [1.29, 1.82) is 0 Å². The van der Waals surface area contributed by atoms with E-state index in [-0.39, 0.29) is 11.7 Å². The van der Waals surface area contributed by atoms with Crippen molar-refractivity contribution in [2.24, 2.45) is 0 Å². The van der Waals surface area contributed by atoms with Gasteiger partial charge in [0.2, 0.25) is 5.91 Å². The summed E-state index contributed by atoms with van der Waals surface area (Å²) in [5.41, 5.74) is 3.81. The summed E-state index contributed by atoms with van der Waals surface area (Å²) in [6.45, 7) is 3.32. The third kappa shape index (κ3) is 4.91. The first kappa shape index (κ1) is 22.6. The van der Waals surface area contributed by atoms with Gasteiger partial charge in [-0.2, -0.15) is 0 Å². The highest BCUT2D eigenvalue weighted by molar-refractivity contribution is 5.90. The molecule has 0 saturated heterocycles. The van der Waals surface area contributed by atoms with E-state index < -0.39 is 5.97 Å². The van der Waals surface area contributed by atoms with Crippen LogP contribution < -0.4 is 5.32 Å². The number of aromatic hydroxyl groups is 1. The number of nitrogens with one attached hydrogen (secondary N) is 1. The Hall–Kier alpha value is -4.59. The number of hydrogen-bond acceptors (Lipinski definition) is 7. The molecule has 3 aromatic carbocycles. The Balaban J connectivity index is 1.82. The van der Waals surface area contributed by atoms with Crippen LogP contribution in [0.4, 0.5) is 5.69 Å². The highest BCUT2D eigenvalue weighted by Crippen LogP contribution is 2.31. The molecule has 170 valence electrons. The Bertz CT molecular complexity index is 1370. The zero-order valence-corrected chi connectivity index (χ0v) is 18.9. The second kappa shape index (κ2) is 9.50. The largest absolute Gasteiger partial charge is 0.507 e. The van der Waals surface area contributed by atoms with E-state index in [1.165, 1.54) is 14.0 Å². The standard InChI is InChI=1S/C26H22N4O4/c1-15-4-13-21(22(32)14-15)25-29-23(17-5-7-19(8-6-17)26(33)34-3)28-24(30-25)18-9-11-20(12-10-18)27-16(2)31/h4-14,32H,1-3H3,(H,27,31). The molecule has 0 aliphatic rings. The van der Waals surface area contributed by atoms with Crippen molar-refractivity contribution >= 4 is 17.6 Å². The number of anilines is 1. The number of carbonyl (C=O) groups is 2. The van der Waals surface area contributed by atoms with Crippen molar-refractivity contribution in [3.8, 4) is 39.9 Å². The van der Waals surface area contributed by atoms with Crippen LogP contribution in [0.2, 0.25) is 0 Å². The van der Waals surface area contributed by atoms with Crippen molar-refractivity contribution in [3.63, 3.8) is 0 Å². The van der Waals surface area contributed by atoms with E-state index in [1.54, 1.807) is 60.7 Å². The van der Waals surface area contributed by atoms with E-state index in [4.69, 9.17) is 4.74 Å². The number of amides is 1. The van der Waals surface area contributed by atoms with Crippen molar-refractivity contribution < 1.29 is 19.4 Å². The molecule has 2 N–H and O–H groups in total. The van der Waals surface area contributed by atoms with Crippen LogP contribution in [0.3, 0.4) is 0 Å². The summed E-state index contributed by atoms with van der Waals surface area (Å²) >= 11 is 0. The monoisotopic (exact) mass is 454 g/mol. The number of ether oxygens (including phenoxy) is 1. The summed E-state index contributed by atoms with van der Waals surface area (Å²) in [6, 6.07) is 19.1. The van der Waals surface area contributed by atoms with Gasteiger partial charge in [0.25, 0.3) is 0 Å². The maximum absolute atomic E-state index is 11.8. The molecule has 0 bridgehead atoms. The van der Waals surface area contributed by atoms with Crippen LogP contribution in [0.1, 0.15) is 22.8 Å². The lowest BCUT2D eigenvalue weighted by molar-refractivity contribution is -0.114. The second-order valence-corrected chi connectivity index (χ2v) is 7.65. The number of phenols is 1. The smallest absolute Gasteiger partial charge is 0.337 e. The molecule has 0 unspecified atom stereocenters. The minimum atomic E-state index is -0.438.